The summed E-state index contributed by atoms with van der Waals surface area (Å²) in [5, 5.41) is 8.41. The van der Waals surface area contributed by atoms with Crippen LogP contribution in [0.3, 0.4) is 0 Å². The SMILES string of the molecule is CCCOCCn1cc([C@H]2CC=CCC2)nn1. The molecule has 2 rings (SSSR count). The second-order valence-corrected chi connectivity index (χ2v) is 4.50. The van der Waals surface area contributed by atoms with Crippen molar-refractivity contribution in [2.75, 3.05) is 13.2 Å². The van der Waals surface area contributed by atoms with E-state index in [0.717, 1.165) is 44.7 Å². The van der Waals surface area contributed by atoms with Gasteiger partial charge in [-0.15, -0.1) is 5.10 Å². The van der Waals surface area contributed by atoms with E-state index in [9.17, 15) is 0 Å². The molecule has 4 nitrogen and oxygen atoms in total. The van der Waals surface area contributed by atoms with Crippen molar-refractivity contribution in [1.82, 2.24) is 15.0 Å². The number of allylic oxidation sites excluding steroid dienone is 2. The topological polar surface area (TPSA) is 39.9 Å². The largest absolute Gasteiger partial charge is 0.380 e. The lowest BCUT2D eigenvalue weighted by Crippen LogP contribution is -2.07. The van der Waals surface area contributed by atoms with Crippen LogP contribution >= 0.6 is 0 Å². The molecule has 0 bridgehead atoms. The lowest BCUT2D eigenvalue weighted by Gasteiger charge is -2.13. The summed E-state index contributed by atoms with van der Waals surface area (Å²) in [5.74, 6) is 0.560. The Labute approximate surface area is 103 Å². The zero-order chi connectivity index (χ0) is 11.9. The highest BCUT2D eigenvalue weighted by Crippen LogP contribution is 2.26. The molecule has 0 spiro atoms. The number of ether oxygens (including phenoxy) is 1. The third kappa shape index (κ3) is 3.66. The van der Waals surface area contributed by atoms with Crippen LogP contribution in [0.1, 0.15) is 44.2 Å². The van der Waals surface area contributed by atoms with E-state index in [4.69, 9.17) is 4.74 Å². The van der Waals surface area contributed by atoms with Gasteiger partial charge in [0.2, 0.25) is 0 Å². The van der Waals surface area contributed by atoms with E-state index in [0.29, 0.717) is 5.92 Å². The minimum atomic E-state index is 0.560. The van der Waals surface area contributed by atoms with Gasteiger partial charge in [0.25, 0.3) is 0 Å². The fourth-order valence-corrected chi connectivity index (χ4v) is 2.08. The van der Waals surface area contributed by atoms with Gasteiger partial charge in [-0.05, 0) is 25.7 Å². The Kier molecular flexibility index (Phi) is 4.74. The van der Waals surface area contributed by atoms with Crippen LogP contribution in [0.4, 0.5) is 0 Å². The smallest absolute Gasteiger partial charge is 0.0861 e. The Morgan fingerprint density at radius 2 is 2.35 bits per heavy atom. The van der Waals surface area contributed by atoms with Gasteiger partial charge >= 0.3 is 0 Å². The molecule has 0 saturated carbocycles. The number of hydrogen-bond donors (Lipinski definition) is 0. The van der Waals surface area contributed by atoms with E-state index < -0.39 is 0 Å². The standard InChI is InChI=1S/C13H21N3O/c1-2-9-17-10-8-16-11-13(14-15-16)12-6-4-3-5-7-12/h3-4,11-12H,2,5-10H2,1H3/t12-/m0/s1. The summed E-state index contributed by atoms with van der Waals surface area (Å²) in [6, 6.07) is 0. The average Bonchev–Trinajstić information content (AvgIpc) is 2.85. The second kappa shape index (κ2) is 6.55. The summed E-state index contributed by atoms with van der Waals surface area (Å²) in [6.45, 7) is 4.47. The number of rotatable bonds is 6. The van der Waals surface area contributed by atoms with Crippen molar-refractivity contribution in [2.24, 2.45) is 0 Å². The van der Waals surface area contributed by atoms with Gasteiger partial charge in [-0.2, -0.15) is 0 Å². The molecular weight excluding hydrogens is 214 g/mol. The minimum Gasteiger partial charge on any atom is -0.380 e. The van der Waals surface area contributed by atoms with Gasteiger partial charge in [0.1, 0.15) is 0 Å². The molecular formula is C13H21N3O. The lowest BCUT2D eigenvalue weighted by molar-refractivity contribution is 0.124. The van der Waals surface area contributed by atoms with Gasteiger partial charge in [-0.1, -0.05) is 24.3 Å². The van der Waals surface area contributed by atoms with Crippen LogP contribution in [-0.2, 0) is 11.3 Å². The summed E-state index contributed by atoms with van der Waals surface area (Å²) in [4.78, 5) is 0. The van der Waals surface area contributed by atoms with Crippen LogP contribution < -0.4 is 0 Å². The van der Waals surface area contributed by atoms with Crippen LogP contribution in [-0.4, -0.2) is 28.2 Å². The van der Waals surface area contributed by atoms with E-state index in [-0.39, 0.29) is 0 Å². The predicted octanol–water partition coefficient (Wildman–Crippen LogP) is 2.53. The second-order valence-electron chi connectivity index (χ2n) is 4.50. The van der Waals surface area contributed by atoms with Gasteiger partial charge in [0.15, 0.2) is 0 Å². The maximum absolute atomic E-state index is 5.44. The first kappa shape index (κ1) is 12.3. The molecule has 1 aromatic heterocycles. The predicted molar refractivity (Wildman–Crippen MR) is 66.9 cm³/mol. The zero-order valence-corrected chi connectivity index (χ0v) is 10.5. The van der Waals surface area contributed by atoms with Gasteiger partial charge in [-0.3, -0.25) is 0 Å². The highest BCUT2D eigenvalue weighted by molar-refractivity contribution is 5.08. The fourth-order valence-electron chi connectivity index (χ4n) is 2.08. The molecule has 0 aromatic carbocycles. The van der Waals surface area contributed by atoms with Crippen LogP contribution in [0, 0.1) is 0 Å². The fraction of sp³-hybridized carbons (Fsp3) is 0.692. The highest BCUT2D eigenvalue weighted by atomic mass is 16.5. The summed E-state index contributed by atoms with van der Waals surface area (Å²) in [5.41, 5.74) is 1.13. The Hall–Kier alpha value is -1.16. The average molecular weight is 235 g/mol. The molecule has 94 valence electrons. The molecule has 4 heteroatoms. The van der Waals surface area contributed by atoms with E-state index in [2.05, 4.69) is 35.6 Å². The molecule has 1 aromatic rings. The number of hydrogen-bond acceptors (Lipinski definition) is 3. The monoisotopic (exact) mass is 235 g/mol. The van der Waals surface area contributed by atoms with Crippen molar-refractivity contribution < 1.29 is 4.74 Å². The number of aromatic nitrogens is 3. The maximum atomic E-state index is 5.44. The zero-order valence-electron chi connectivity index (χ0n) is 10.5. The summed E-state index contributed by atoms with van der Waals surface area (Å²) in [6.07, 6.45) is 11.1. The molecule has 0 saturated heterocycles. The Morgan fingerprint density at radius 1 is 1.41 bits per heavy atom. The molecule has 1 aliphatic rings. The lowest BCUT2D eigenvalue weighted by atomic mass is 9.92. The number of nitrogens with zero attached hydrogens (tertiary/aromatic N) is 3. The molecule has 0 amide bonds. The molecule has 0 fully saturated rings. The van der Waals surface area contributed by atoms with E-state index in [1.54, 1.807) is 0 Å². The van der Waals surface area contributed by atoms with Crippen molar-refractivity contribution in [3.8, 4) is 0 Å². The molecule has 1 heterocycles. The summed E-state index contributed by atoms with van der Waals surface area (Å²) < 4.78 is 7.33. The van der Waals surface area contributed by atoms with E-state index >= 15 is 0 Å². The van der Waals surface area contributed by atoms with Gasteiger partial charge in [0, 0.05) is 18.7 Å². The Balaban J connectivity index is 1.81. The third-order valence-electron chi connectivity index (χ3n) is 3.06. The van der Waals surface area contributed by atoms with Crippen LogP contribution in [0.25, 0.3) is 0 Å². The van der Waals surface area contributed by atoms with E-state index in [1.807, 2.05) is 4.68 Å². The van der Waals surface area contributed by atoms with E-state index in [1.165, 1.54) is 6.42 Å². The van der Waals surface area contributed by atoms with Crippen LogP contribution in [0.5, 0.6) is 0 Å². The highest BCUT2D eigenvalue weighted by Gasteiger charge is 2.15. The first-order valence-electron chi connectivity index (χ1n) is 6.53. The normalized spacial score (nSPS) is 19.7. The molecule has 0 aliphatic heterocycles. The first-order valence-corrected chi connectivity index (χ1v) is 6.53. The summed E-state index contributed by atoms with van der Waals surface area (Å²) in [7, 11) is 0. The molecule has 0 radical (unpaired) electrons. The van der Waals surface area contributed by atoms with Crippen molar-refractivity contribution in [2.45, 2.75) is 45.1 Å². The quantitative estimate of drug-likeness (QED) is 0.562. The van der Waals surface area contributed by atoms with Gasteiger partial charge in [0.05, 0.1) is 18.8 Å². The molecule has 1 aliphatic carbocycles. The Bertz CT molecular complexity index is 359. The molecule has 0 unspecified atom stereocenters. The third-order valence-corrected chi connectivity index (χ3v) is 3.06. The minimum absolute atomic E-state index is 0.560. The van der Waals surface area contributed by atoms with Gasteiger partial charge in [-0.25, -0.2) is 4.68 Å². The molecule has 0 N–H and O–H groups in total. The van der Waals surface area contributed by atoms with Crippen molar-refractivity contribution in [3.05, 3.63) is 24.0 Å². The van der Waals surface area contributed by atoms with Crippen molar-refractivity contribution >= 4 is 0 Å². The Morgan fingerprint density at radius 3 is 3.12 bits per heavy atom. The van der Waals surface area contributed by atoms with Crippen molar-refractivity contribution in [1.29, 1.82) is 0 Å². The van der Waals surface area contributed by atoms with Crippen LogP contribution in [0.2, 0.25) is 0 Å². The summed E-state index contributed by atoms with van der Waals surface area (Å²) >= 11 is 0. The van der Waals surface area contributed by atoms with Crippen LogP contribution in [0.15, 0.2) is 18.3 Å². The first-order chi connectivity index (χ1) is 8.40. The molecule has 1 atom stereocenters. The maximum Gasteiger partial charge on any atom is 0.0861 e. The molecule has 17 heavy (non-hydrogen) atoms. The van der Waals surface area contributed by atoms with Gasteiger partial charge < -0.3 is 4.74 Å². The van der Waals surface area contributed by atoms with Crippen molar-refractivity contribution in [3.63, 3.8) is 0 Å².